The van der Waals surface area contributed by atoms with Gasteiger partial charge in [0.1, 0.15) is 0 Å². The van der Waals surface area contributed by atoms with E-state index in [9.17, 15) is 13.2 Å². The standard InChI is InChI=1S/C17H22N4O3S2/c1-19-15(14-6-4-3-5-7-14)12-18-17(19)25-13-16(22)20-8-10-21(11-9-20)26(2,23)24/h3-7,12H,8-11,13H2,1-2H3. The second-order valence-corrected chi connectivity index (χ2v) is 9.11. The molecular weight excluding hydrogens is 372 g/mol. The Balaban J connectivity index is 1.57. The van der Waals surface area contributed by atoms with Gasteiger partial charge in [0.15, 0.2) is 5.16 Å². The molecule has 0 unspecified atom stereocenters. The zero-order valence-corrected chi connectivity index (χ0v) is 16.5. The van der Waals surface area contributed by atoms with E-state index in [1.165, 1.54) is 22.3 Å². The molecule has 9 heteroatoms. The van der Waals surface area contributed by atoms with Crippen LogP contribution in [0.3, 0.4) is 0 Å². The van der Waals surface area contributed by atoms with Crippen LogP contribution in [0.1, 0.15) is 0 Å². The monoisotopic (exact) mass is 394 g/mol. The van der Waals surface area contributed by atoms with Gasteiger partial charge in [-0.3, -0.25) is 4.79 Å². The number of aromatic nitrogens is 2. The molecule has 0 aliphatic carbocycles. The summed E-state index contributed by atoms with van der Waals surface area (Å²) in [6, 6.07) is 9.98. The topological polar surface area (TPSA) is 75.5 Å². The van der Waals surface area contributed by atoms with Gasteiger partial charge in [-0.1, -0.05) is 42.1 Å². The third-order valence-corrected chi connectivity index (χ3v) is 6.73. The van der Waals surface area contributed by atoms with Gasteiger partial charge in [0.25, 0.3) is 0 Å². The molecule has 1 aliphatic rings. The summed E-state index contributed by atoms with van der Waals surface area (Å²) in [7, 11) is -1.25. The Bertz CT molecular complexity index is 873. The van der Waals surface area contributed by atoms with Crippen LogP contribution in [-0.4, -0.2) is 71.3 Å². The lowest BCUT2D eigenvalue weighted by Gasteiger charge is -2.33. The number of sulfonamides is 1. The van der Waals surface area contributed by atoms with Crippen LogP contribution in [0.4, 0.5) is 0 Å². The van der Waals surface area contributed by atoms with Crippen molar-refractivity contribution >= 4 is 27.7 Å². The highest BCUT2D eigenvalue weighted by atomic mass is 32.2. The lowest BCUT2D eigenvalue weighted by Crippen LogP contribution is -2.50. The zero-order valence-electron chi connectivity index (χ0n) is 14.8. The van der Waals surface area contributed by atoms with Crippen molar-refractivity contribution in [2.75, 3.05) is 38.2 Å². The van der Waals surface area contributed by atoms with E-state index < -0.39 is 10.0 Å². The average Bonchev–Trinajstić information content (AvgIpc) is 3.00. The van der Waals surface area contributed by atoms with E-state index in [0.717, 1.165) is 16.4 Å². The lowest BCUT2D eigenvalue weighted by atomic mass is 10.2. The van der Waals surface area contributed by atoms with Crippen molar-refractivity contribution < 1.29 is 13.2 Å². The van der Waals surface area contributed by atoms with Crippen LogP contribution in [0, 0.1) is 0 Å². The number of piperazine rings is 1. The Morgan fingerprint density at radius 1 is 1.15 bits per heavy atom. The quantitative estimate of drug-likeness (QED) is 0.714. The van der Waals surface area contributed by atoms with Crippen molar-refractivity contribution in [3.05, 3.63) is 36.5 Å². The molecule has 2 aromatic rings. The third-order valence-electron chi connectivity index (χ3n) is 4.40. The van der Waals surface area contributed by atoms with Gasteiger partial charge >= 0.3 is 0 Å². The highest BCUT2D eigenvalue weighted by molar-refractivity contribution is 7.99. The molecule has 1 amide bonds. The van der Waals surface area contributed by atoms with Gasteiger partial charge in [0.05, 0.1) is 23.9 Å². The molecule has 0 spiro atoms. The maximum atomic E-state index is 12.4. The molecular formula is C17H22N4O3S2. The number of carbonyl (C=O) groups excluding carboxylic acids is 1. The van der Waals surface area contributed by atoms with Crippen molar-refractivity contribution in [3.8, 4) is 11.3 Å². The predicted octanol–water partition coefficient (Wildman–Crippen LogP) is 1.28. The molecule has 3 rings (SSSR count). The molecule has 0 saturated carbocycles. The maximum Gasteiger partial charge on any atom is 0.233 e. The summed E-state index contributed by atoms with van der Waals surface area (Å²) in [6.07, 6.45) is 3.01. The number of benzene rings is 1. The van der Waals surface area contributed by atoms with Crippen molar-refractivity contribution in [2.24, 2.45) is 7.05 Å². The molecule has 1 aromatic heterocycles. The Labute approximate surface area is 158 Å². The van der Waals surface area contributed by atoms with E-state index in [2.05, 4.69) is 4.98 Å². The van der Waals surface area contributed by atoms with Gasteiger partial charge in [-0.05, 0) is 5.56 Å². The van der Waals surface area contributed by atoms with Crippen molar-refractivity contribution in [3.63, 3.8) is 0 Å². The first-order chi connectivity index (χ1) is 12.4. The SMILES string of the molecule is Cn1c(-c2ccccc2)cnc1SCC(=O)N1CCN(S(C)(=O)=O)CC1. The molecule has 0 N–H and O–H groups in total. The fourth-order valence-corrected chi connectivity index (χ4v) is 4.57. The van der Waals surface area contributed by atoms with Crippen LogP contribution in [0.2, 0.25) is 0 Å². The Morgan fingerprint density at radius 2 is 1.81 bits per heavy atom. The summed E-state index contributed by atoms with van der Waals surface area (Å²) in [6.45, 7) is 1.58. The van der Waals surface area contributed by atoms with Gasteiger partial charge in [0.2, 0.25) is 15.9 Å². The van der Waals surface area contributed by atoms with Crippen LogP contribution in [0.15, 0.2) is 41.7 Å². The van der Waals surface area contributed by atoms with Crippen LogP contribution in [-0.2, 0) is 21.9 Å². The number of hydrogen-bond acceptors (Lipinski definition) is 5. The zero-order chi connectivity index (χ0) is 18.7. The van der Waals surface area contributed by atoms with E-state index in [4.69, 9.17) is 0 Å². The molecule has 1 aromatic carbocycles. The molecule has 140 valence electrons. The number of hydrogen-bond donors (Lipinski definition) is 0. The fourth-order valence-electron chi connectivity index (χ4n) is 2.89. The van der Waals surface area contributed by atoms with Crippen LogP contribution >= 0.6 is 11.8 Å². The minimum absolute atomic E-state index is 0.00686. The third kappa shape index (κ3) is 4.28. The van der Waals surface area contributed by atoms with E-state index >= 15 is 0 Å². The normalized spacial score (nSPS) is 16.0. The fraction of sp³-hybridized carbons (Fsp3) is 0.412. The first-order valence-electron chi connectivity index (χ1n) is 8.29. The molecule has 1 saturated heterocycles. The Kier molecular flexibility index (Phi) is 5.69. The summed E-state index contributed by atoms with van der Waals surface area (Å²) < 4.78 is 26.5. The first-order valence-corrected chi connectivity index (χ1v) is 11.1. The number of thioether (sulfide) groups is 1. The van der Waals surface area contributed by atoms with E-state index in [1.807, 2.05) is 48.1 Å². The minimum Gasteiger partial charge on any atom is -0.339 e. The number of imidazole rings is 1. The molecule has 7 nitrogen and oxygen atoms in total. The summed E-state index contributed by atoms with van der Waals surface area (Å²) in [5, 5.41) is 0.784. The summed E-state index contributed by atoms with van der Waals surface area (Å²) in [5.41, 5.74) is 2.08. The average molecular weight is 395 g/mol. The van der Waals surface area contributed by atoms with Crippen molar-refractivity contribution in [2.45, 2.75) is 5.16 Å². The van der Waals surface area contributed by atoms with Gasteiger partial charge in [0, 0.05) is 33.2 Å². The highest BCUT2D eigenvalue weighted by Gasteiger charge is 2.26. The van der Waals surface area contributed by atoms with E-state index in [1.54, 1.807) is 4.90 Å². The number of carbonyl (C=O) groups is 1. The Hall–Kier alpha value is -1.84. The minimum atomic E-state index is -3.18. The maximum absolute atomic E-state index is 12.4. The smallest absolute Gasteiger partial charge is 0.233 e. The number of amides is 1. The summed E-state index contributed by atoms with van der Waals surface area (Å²) >= 11 is 1.40. The van der Waals surface area contributed by atoms with Crippen LogP contribution in [0.25, 0.3) is 11.3 Å². The predicted molar refractivity (Wildman–Crippen MR) is 102 cm³/mol. The molecule has 1 aliphatic heterocycles. The van der Waals surface area contributed by atoms with E-state index in [-0.39, 0.29) is 11.7 Å². The second-order valence-electron chi connectivity index (χ2n) is 6.18. The van der Waals surface area contributed by atoms with Crippen molar-refractivity contribution in [1.82, 2.24) is 18.8 Å². The number of rotatable bonds is 5. The molecule has 0 bridgehead atoms. The lowest BCUT2D eigenvalue weighted by molar-refractivity contribution is -0.129. The second kappa shape index (κ2) is 7.81. The van der Waals surface area contributed by atoms with Crippen molar-refractivity contribution in [1.29, 1.82) is 0 Å². The largest absolute Gasteiger partial charge is 0.339 e. The first kappa shape index (κ1) is 18.9. The van der Waals surface area contributed by atoms with Gasteiger partial charge in [-0.15, -0.1) is 0 Å². The summed E-state index contributed by atoms with van der Waals surface area (Å²) in [4.78, 5) is 18.6. The molecule has 0 radical (unpaired) electrons. The van der Waals surface area contributed by atoms with Gasteiger partial charge in [-0.25, -0.2) is 13.4 Å². The molecule has 0 atom stereocenters. The van der Waals surface area contributed by atoms with Crippen LogP contribution < -0.4 is 0 Å². The number of nitrogens with zero attached hydrogens (tertiary/aromatic N) is 4. The summed E-state index contributed by atoms with van der Waals surface area (Å²) in [5.74, 6) is 0.297. The molecule has 1 fully saturated rings. The highest BCUT2D eigenvalue weighted by Crippen LogP contribution is 2.25. The van der Waals surface area contributed by atoms with Gasteiger partial charge in [-0.2, -0.15) is 4.31 Å². The Morgan fingerprint density at radius 3 is 2.42 bits per heavy atom. The van der Waals surface area contributed by atoms with Gasteiger partial charge < -0.3 is 9.47 Å². The molecule has 2 heterocycles. The van der Waals surface area contributed by atoms with Crippen LogP contribution in [0.5, 0.6) is 0 Å². The van der Waals surface area contributed by atoms with E-state index in [0.29, 0.717) is 26.2 Å². The molecule has 26 heavy (non-hydrogen) atoms.